The average molecular weight is 260 g/mol. The van der Waals surface area contributed by atoms with Gasteiger partial charge in [0.2, 0.25) is 0 Å². The van der Waals surface area contributed by atoms with E-state index >= 15 is 0 Å². The van der Waals surface area contributed by atoms with Crippen molar-refractivity contribution in [3.63, 3.8) is 0 Å². The van der Waals surface area contributed by atoms with Crippen molar-refractivity contribution in [1.29, 1.82) is 5.26 Å². The van der Waals surface area contributed by atoms with Crippen LogP contribution in [0, 0.1) is 18.3 Å². The van der Waals surface area contributed by atoms with Gasteiger partial charge in [0.05, 0.1) is 12.7 Å². The molecule has 1 rings (SSSR count). The van der Waals surface area contributed by atoms with Gasteiger partial charge in [0, 0.05) is 6.04 Å². The van der Waals surface area contributed by atoms with E-state index in [0.29, 0.717) is 12.6 Å². The molecular formula is C16H24N2O. The summed E-state index contributed by atoms with van der Waals surface area (Å²) >= 11 is 0. The molecule has 104 valence electrons. The number of ether oxygens (including phenoxy) is 1. The Morgan fingerprint density at radius 3 is 2.74 bits per heavy atom. The second-order valence-corrected chi connectivity index (χ2v) is 5.51. The van der Waals surface area contributed by atoms with Crippen LogP contribution in [-0.2, 0) is 0 Å². The number of nitrogens with zero attached hydrogens (tertiary/aromatic N) is 1. The van der Waals surface area contributed by atoms with Gasteiger partial charge in [-0.25, -0.2) is 0 Å². The first-order valence-electron chi connectivity index (χ1n) is 6.83. The second kappa shape index (κ2) is 7.16. The van der Waals surface area contributed by atoms with E-state index in [4.69, 9.17) is 4.74 Å². The van der Waals surface area contributed by atoms with Crippen LogP contribution < -0.4 is 10.1 Å². The monoisotopic (exact) mass is 260 g/mol. The van der Waals surface area contributed by atoms with Crippen molar-refractivity contribution in [2.75, 3.05) is 6.61 Å². The Morgan fingerprint density at radius 1 is 1.42 bits per heavy atom. The molecule has 0 aliphatic carbocycles. The molecule has 3 heteroatoms. The molecule has 0 aliphatic rings. The highest BCUT2D eigenvalue weighted by Crippen LogP contribution is 2.15. The van der Waals surface area contributed by atoms with Gasteiger partial charge in [0.25, 0.3) is 0 Å². The molecule has 0 fully saturated rings. The van der Waals surface area contributed by atoms with Gasteiger partial charge in [-0.3, -0.25) is 5.32 Å². The van der Waals surface area contributed by atoms with Crippen molar-refractivity contribution in [3.05, 3.63) is 29.8 Å². The molecule has 1 unspecified atom stereocenters. The van der Waals surface area contributed by atoms with Gasteiger partial charge in [-0.15, -0.1) is 0 Å². The molecule has 1 N–H and O–H groups in total. The maximum absolute atomic E-state index is 9.23. The van der Waals surface area contributed by atoms with Gasteiger partial charge in [-0.1, -0.05) is 12.1 Å². The van der Waals surface area contributed by atoms with Crippen LogP contribution in [-0.4, -0.2) is 18.2 Å². The maximum atomic E-state index is 9.23. The van der Waals surface area contributed by atoms with Gasteiger partial charge in [-0.2, -0.15) is 5.26 Å². The Bertz CT molecular complexity index is 437. The first kappa shape index (κ1) is 15.5. The van der Waals surface area contributed by atoms with Gasteiger partial charge in [0.15, 0.2) is 0 Å². The van der Waals surface area contributed by atoms with Crippen molar-refractivity contribution < 1.29 is 4.74 Å². The fourth-order valence-corrected chi connectivity index (χ4v) is 2.12. The molecule has 0 aromatic heterocycles. The molecule has 0 saturated heterocycles. The van der Waals surface area contributed by atoms with Crippen molar-refractivity contribution >= 4 is 0 Å². The number of hydrogen-bond donors (Lipinski definition) is 1. The largest absolute Gasteiger partial charge is 0.494 e. The van der Waals surface area contributed by atoms with Crippen LogP contribution in [0.1, 0.15) is 39.2 Å². The van der Waals surface area contributed by atoms with Crippen LogP contribution in [0.2, 0.25) is 0 Å². The molecule has 0 bridgehead atoms. The smallest absolute Gasteiger partial charge is 0.119 e. The topological polar surface area (TPSA) is 45.0 Å². The fourth-order valence-electron chi connectivity index (χ4n) is 2.12. The highest BCUT2D eigenvalue weighted by atomic mass is 16.5. The third kappa shape index (κ3) is 5.76. The lowest BCUT2D eigenvalue weighted by Crippen LogP contribution is -2.45. The minimum Gasteiger partial charge on any atom is -0.494 e. The third-order valence-corrected chi connectivity index (χ3v) is 2.93. The summed E-state index contributed by atoms with van der Waals surface area (Å²) in [5.74, 6) is 0.899. The van der Waals surface area contributed by atoms with Crippen LogP contribution in [0.5, 0.6) is 5.75 Å². The van der Waals surface area contributed by atoms with Crippen LogP contribution >= 0.6 is 0 Å². The van der Waals surface area contributed by atoms with Crippen LogP contribution in [0.15, 0.2) is 24.3 Å². The molecule has 0 heterocycles. The number of benzene rings is 1. The van der Waals surface area contributed by atoms with E-state index in [9.17, 15) is 5.26 Å². The lowest BCUT2D eigenvalue weighted by atomic mass is 9.97. The number of nitrogens with one attached hydrogen (secondary N) is 1. The Morgan fingerprint density at radius 2 is 2.16 bits per heavy atom. The molecule has 19 heavy (non-hydrogen) atoms. The normalized spacial score (nSPS) is 13.9. The second-order valence-electron chi connectivity index (χ2n) is 5.51. The molecule has 0 spiro atoms. The molecule has 1 aromatic carbocycles. The predicted molar refractivity (Wildman–Crippen MR) is 78.2 cm³/mol. The molecule has 1 aromatic rings. The lowest BCUT2D eigenvalue weighted by molar-refractivity contribution is 0.280. The molecule has 0 amide bonds. The molecule has 3 nitrogen and oxygen atoms in total. The standard InChI is InChI=1S/C16H24N2O/c1-13(2)18-16(4,12-17)9-6-10-19-15-8-5-7-14(3)11-15/h5,7-8,11,13,18H,6,9-10H2,1-4H3. The average Bonchev–Trinajstić information content (AvgIpc) is 2.34. The van der Waals surface area contributed by atoms with E-state index in [0.717, 1.165) is 18.6 Å². The molecule has 0 radical (unpaired) electrons. The van der Waals surface area contributed by atoms with E-state index in [1.54, 1.807) is 0 Å². The van der Waals surface area contributed by atoms with E-state index < -0.39 is 5.54 Å². The highest BCUT2D eigenvalue weighted by Gasteiger charge is 2.23. The zero-order valence-corrected chi connectivity index (χ0v) is 12.4. The van der Waals surface area contributed by atoms with Crippen LogP contribution in [0.3, 0.4) is 0 Å². The quantitative estimate of drug-likeness (QED) is 0.764. The van der Waals surface area contributed by atoms with E-state index in [-0.39, 0.29) is 0 Å². The van der Waals surface area contributed by atoms with Crippen molar-refractivity contribution in [1.82, 2.24) is 5.32 Å². The summed E-state index contributed by atoms with van der Waals surface area (Å²) in [6, 6.07) is 10.7. The molecule has 0 aliphatic heterocycles. The lowest BCUT2D eigenvalue weighted by Gasteiger charge is -2.25. The van der Waals surface area contributed by atoms with Crippen LogP contribution in [0.25, 0.3) is 0 Å². The predicted octanol–water partition coefficient (Wildman–Crippen LogP) is 3.43. The summed E-state index contributed by atoms with van der Waals surface area (Å²) in [6.07, 6.45) is 1.64. The highest BCUT2D eigenvalue weighted by molar-refractivity contribution is 5.27. The molecule has 0 saturated carbocycles. The van der Waals surface area contributed by atoms with Crippen LogP contribution in [0.4, 0.5) is 0 Å². The van der Waals surface area contributed by atoms with Gasteiger partial charge >= 0.3 is 0 Å². The summed E-state index contributed by atoms with van der Waals surface area (Å²) in [6.45, 7) is 8.74. The Balaban J connectivity index is 2.36. The Kier molecular flexibility index (Phi) is 5.85. The van der Waals surface area contributed by atoms with Crippen molar-refractivity contribution in [3.8, 4) is 11.8 Å². The minimum atomic E-state index is -0.468. The summed E-state index contributed by atoms with van der Waals surface area (Å²) in [5.41, 5.74) is 0.727. The number of rotatable bonds is 7. The maximum Gasteiger partial charge on any atom is 0.119 e. The number of hydrogen-bond acceptors (Lipinski definition) is 3. The van der Waals surface area contributed by atoms with Gasteiger partial charge in [-0.05, 0) is 58.2 Å². The van der Waals surface area contributed by atoms with E-state index in [2.05, 4.69) is 25.2 Å². The molecular weight excluding hydrogens is 236 g/mol. The summed E-state index contributed by atoms with van der Waals surface area (Å²) in [4.78, 5) is 0. The Hall–Kier alpha value is -1.53. The first-order valence-corrected chi connectivity index (χ1v) is 6.83. The van der Waals surface area contributed by atoms with E-state index in [1.165, 1.54) is 5.56 Å². The van der Waals surface area contributed by atoms with E-state index in [1.807, 2.05) is 38.1 Å². The summed E-state index contributed by atoms with van der Waals surface area (Å²) < 4.78 is 5.69. The van der Waals surface area contributed by atoms with Crippen molar-refractivity contribution in [2.45, 2.75) is 52.1 Å². The SMILES string of the molecule is Cc1cccc(OCCCC(C)(C#N)NC(C)C)c1. The summed E-state index contributed by atoms with van der Waals surface area (Å²) in [7, 11) is 0. The zero-order chi connectivity index (χ0) is 14.3. The van der Waals surface area contributed by atoms with Gasteiger partial charge in [0.1, 0.15) is 11.3 Å². The minimum absolute atomic E-state index is 0.308. The first-order chi connectivity index (χ1) is 8.95. The summed E-state index contributed by atoms with van der Waals surface area (Å²) in [5, 5.41) is 12.5. The Labute approximate surface area is 116 Å². The fraction of sp³-hybridized carbons (Fsp3) is 0.562. The third-order valence-electron chi connectivity index (χ3n) is 2.93. The van der Waals surface area contributed by atoms with Gasteiger partial charge < -0.3 is 4.74 Å². The van der Waals surface area contributed by atoms with Crippen molar-refractivity contribution in [2.24, 2.45) is 0 Å². The number of aryl methyl sites for hydroxylation is 1. The molecule has 1 atom stereocenters. The number of nitriles is 1. The zero-order valence-electron chi connectivity index (χ0n) is 12.4.